The summed E-state index contributed by atoms with van der Waals surface area (Å²) in [4.78, 5) is 36.4. The molecule has 0 fully saturated rings. The fourth-order valence-corrected chi connectivity index (χ4v) is 3.14. The predicted molar refractivity (Wildman–Crippen MR) is 143 cm³/mol. The summed E-state index contributed by atoms with van der Waals surface area (Å²) in [5, 5.41) is 3.98. The van der Waals surface area contributed by atoms with Crippen LogP contribution < -0.4 is 0 Å². The third-order valence-corrected chi connectivity index (χ3v) is 5.07. The predicted octanol–water partition coefficient (Wildman–Crippen LogP) is 6.93. The summed E-state index contributed by atoms with van der Waals surface area (Å²) >= 11 is 0. The van der Waals surface area contributed by atoms with Gasteiger partial charge in [-0.1, -0.05) is 58.0 Å². The number of aldehydes is 1. The minimum atomic E-state index is -0.900. The molecule has 0 saturated heterocycles. The van der Waals surface area contributed by atoms with Crippen molar-refractivity contribution in [1.82, 2.24) is 9.97 Å². The number of carbonyl (C=O) groups excluding carboxylic acids is 2. The molecule has 1 aliphatic heterocycles. The summed E-state index contributed by atoms with van der Waals surface area (Å²) in [5.74, 6) is -1.76. The Morgan fingerprint density at radius 2 is 1.59 bits per heavy atom. The lowest BCUT2D eigenvalue weighted by molar-refractivity contribution is -0.128. The molecule has 3 aromatic rings. The summed E-state index contributed by atoms with van der Waals surface area (Å²) in [6, 6.07) is 9.13. The average Bonchev–Trinajstić information content (AvgIpc) is 3.19. The van der Waals surface area contributed by atoms with Crippen LogP contribution >= 0.6 is 0 Å². The maximum Gasteiger partial charge on any atom is 0.230 e. The van der Waals surface area contributed by atoms with Gasteiger partial charge in [0.05, 0.1) is 23.1 Å². The number of aryl methyl sites for hydroxylation is 2. The second-order valence-electron chi connectivity index (χ2n) is 7.89. The summed E-state index contributed by atoms with van der Waals surface area (Å²) in [6.45, 7) is 15.4. The Bertz CT molecular complexity index is 1200. The van der Waals surface area contributed by atoms with E-state index in [1.54, 1.807) is 26.2 Å². The quantitative estimate of drug-likeness (QED) is 0.355. The Hall–Kier alpha value is -3.81. The number of benzene rings is 2. The van der Waals surface area contributed by atoms with Crippen LogP contribution in [0.3, 0.4) is 0 Å². The van der Waals surface area contributed by atoms with Crippen LogP contribution in [0.2, 0.25) is 0 Å². The molecule has 0 saturated carbocycles. The highest BCUT2D eigenvalue weighted by Crippen LogP contribution is 2.27. The van der Waals surface area contributed by atoms with E-state index in [4.69, 9.17) is 4.84 Å². The molecule has 0 atom stereocenters. The third-order valence-electron chi connectivity index (χ3n) is 5.07. The van der Waals surface area contributed by atoms with Gasteiger partial charge in [0.25, 0.3) is 0 Å². The third kappa shape index (κ3) is 7.84. The molecule has 0 aliphatic carbocycles. The second kappa shape index (κ2) is 14.7. The minimum Gasteiger partial charge on any atom is -0.381 e. The van der Waals surface area contributed by atoms with E-state index in [-0.39, 0.29) is 12.1 Å². The standard InChI is InChI=1S/C18H19N3O2.C7H4F2O.2C2H6/c1-5-12-6-7-13(16-17(22)18(3,4)23-21-16)8-14(12)15-10-19-11(2)9-20-15;8-6-2-1-3-7(9)5(6)4-10;2*1-2/h6-10H,5H2,1-4H3;1-4H;2*1-2H3. The van der Waals surface area contributed by atoms with E-state index in [0.29, 0.717) is 5.71 Å². The smallest absolute Gasteiger partial charge is 0.230 e. The number of hydrogen-bond acceptors (Lipinski definition) is 6. The van der Waals surface area contributed by atoms with Crippen LogP contribution in [0.5, 0.6) is 0 Å². The number of halogens is 2. The molecule has 8 heteroatoms. The van der Waals surface area contributed by atoms with Crippen LogP contribution in [0.4, 0.5) is 8.78 Å². The van der Waals surface area contributed by atoms with E-state index >= 15 is 0 Å². The number of aromatic nitrogens is 2. The van der Waals surface area contributed by atoms with Gasteiger partial charge in [-0.05, 0) is 51.0 Å². The first-order chi connectivity index (χ1) is 17.7. The van der Waals surface area contributed by atoms with Crippen molar-refractivity contribution in [3.63, 3.8) is 0 Å². The highest BCUT2D eigenvalue weighted by atomic mass is 19.1. The summed E-state index contributed by atoms with van der Waals surface area (Å²) in [6.07, 6.45) is 4.52. The molecular formula is C29H35F2N3O3. The average molecular weight is 512 g/mol. The molecule has 37 heavy (non-hydrogen) atoms. The van der Waals surface area contributed by atoms with Crippen LogP contribution in [-0.2, 0) is 16.1 Å². The Morgan fingerprint density at radius 1 is 0.973 bits per heavy atom. The van der Waals surface area contributed by atoms with E-state index in [1.807, 2.05) is 52.8 Å². The minimum absolute atomic E-state index is 0.109. The lowest BCUT2D eigenvalue weighted by Crippen LogP contribution is -2.33. The summed E-state index contributed by atoms with van der Waals surface area (Å²) in [5.41, 5.74) is 3.48. The first-order valence-electron chi connectivity index (χ1n) is 12.3. The molecule has 1 aliphatic rings. The lowest BCUT2D eigenvalue weighted by atomic mass is 9.92. The van der Waals surface area contributed by atoms with Gasteiger partial charge in [0, 0.05) is 17.3 Å². The van der Waals surface area contributed by atoms with Crippen molar-refractivity contribution in [1.29, 1.82) is 0 Å². The van der Waals surface area contributed by atoms with Crippen molar-refractivity contribution in [3.8, 4) is 11.3 Å². The lowest BCUT2D eigenvalue weighted by Gasteiger charge is -2.12. The van der Waals surface area contributed by atoms with Crippen molar-refractivity contribution in [2.45, 2.75) is 67.4 Å². The van der Waals surface area contributed by atoms with Crippen LogP contribution in [0.25, 0.3) is 11.3 Å². The molecule has 0 spiro atoms. The topological polar surface area (TPSA) is 81.5 Å². The van der Waals surface area contributed by atoms with Crippen LogP contribution in [0, 0.1) is 18.6 Å². The number of rotatable bonds is 4. The molecule has 0 unspecified atom stereocenters. The first kappa shape index (κ1) is 31.2. The van der Waals surface area contributed by atoms with Gasteiger partial charge in [0.1, 0.15) is 11.6 Å². The molecule has 0 bridgehead atoms. The Morgan fingerprint density at radius 3 is 2.03 bits per heavy atom. The fraction of sp³-hybridized carbons (Fsp3) is 0.345. The van der Waals surface area contributed by atoms with Crippen molar-refractivity contribution in [2.24, 2.45) is 5.16 Å². The zero-order chi connectivity index (χ0) is 28.2. The molecule has 0 amide bonds. The van der Waals surface area contributed by atoms with Gasteiger partial charge >= 0.3 is 0 Å². The van der Waals surface area contributed by atoms with Crippen molar-refractivity contribution in [2.75, 3.05) is 0 Å². The number of carbonyl (C=O) groups is 2. The van der Waals surface area contributed by atoms with E-state index < -0.39 is 22.8 Å². The molecule has 1 aromatic heterocycles. The van der Waals surface area contributed by atoms with E-state index in [0.717, 1.165) is 46.6 Å². The molecule has 198 valence electrons. The highest BCUT2D eigenvalue weighted by Gasteiger charge is 2.40. The van der Waals surface area contributed by atoms with Gasteiger partial charge in [-0.15, -0.1) is 0 Å². The van der Waals surface area contributed by atoms with Crippen molar-refractivity contribution < 1.29 is 23.2 Å². The highest BCUT2D eigenvalue weighted by molar-refractivity contribution is 6.49. The van der Waals surface area contributed by atoms with Gasteiger partial charge in [0.15, 0.2) is 17.6 Å². The molecule has 6 nitrogen and oxygen atoms in total. The van der Waals surface area contributed by atoms with Crippen LogP contribution in [-0.4, -0.2) is 33.4 Å². The van der Waals surface area contributed by atoms with Gasteiger partial charge in [-0.2, -0.15) is 0 Å². The Kier molecular flexibility index (Phi) is 12.4. The maximum atomic E-state index is 12.4. The van der Waals surface area contributed by atoms with E-state index in [9.17, 15) is 18.4 Å². The molecule has 2 heterocycles. The second-order valence-corrected chi connectivity index (χ2v) is 7.89. The summed E-state index contributed by atoms with van der Waals surface area (Å²) in [7, 11) is 0. The Labute approximate surface area is 217 Å². The van der Waals surface area contributed by atoms with Gasteiger partial charge in [-0.25, -0.2) is 8.78 Å². The zero-order valence-electron chi connectivity index (χ0n) is 22.7. The monoisotopic (exact) mass is 511 g/mol. The maximum absolute atomic E-state index is 12.4. The first-order valence-corrected chi connectivity index (χ1v) is 12.3. The molecule has 4 rings (SSSR count). The van der Waals surface area contributed by atoms with Crippen LogP contribution in [0.15, 0.2) is 53.9 Å². The zero-order valence-corrected chi connectivity index (χ0v) is 22.7. The van der Waals surface area contributed by atoms with Gasteiger partial charge < -0.3 is 4.84 Å². The van der Waals surface area contributed by atoms with Crippen LogP contribution in [0.1, 0.15) is 75.6 Å². The number of oxime groups is 1. The SMILES string of the molecule is CC.CC.CCc1ccc(C2=NOC(C)(C)C2=O)cc1-c1cnc(C)cn1.O=Cc1c(F)cccc1F. The molecule has 2 aromatic carbocycles. The fourth-order valence-electron chi connectivity index (χ4n) is 3.14. The van der Waals surface area contributed by atoms with Crippen molar-refractivity contribution >= 4 is 17.8 Å². The van der Waals surface area contributed by atoms with E-state index in [2.05, 4.69) is 22.0 Å². The summed E-state index contributed by atoms with van der Waals surface area (Å²) < 4.78 is 24.8. The number of Topliss-reactive ketones (excluding diaryl/α,β-unsaturated/α-hetero) is 1. The molecule has 0 radical (unpaired) electrons. The number of hydrogen-bond donors (Lipinski definition) is 0. The number of ketones is 1. The molecular weight excluding hydrogens is 476 g/mol. The largest absolute Gasteiger partial charge is 0.381 e. The normalized spacial score (nSPS) is 12.9. The molecule has 0 N–H and O–H groups in total. The van der Waals surface area contributed by atoms with Gasteiger partial charge in [0.2, 0.25) is 5.78 Å². The van der Waals surface area contributed by atoms with E-state index in [1.165, 1.54) is 6.07 Å². The van der Waals surface area contributed by atoms with Gasteiger partial charge in [-0.3, -0.25) is 19.6 Å². The number of nitrogens with zero attached hydrogens (tertiary/aromatic N) is 3. The van der Waals surface area contributed by atoms with Crippen molar-refractivity contribution in [3.05, 3.63) is 82.8 Å². The Balaban J connectivity index is 0.000000409.